The minimum absolute atomic E-state index is 0.0442. The quantitative estimate of drug-likeness (QED) is 0.647. The monoisotopic (exact) mass is 430 g/mol. The molecule has 2 aromatic heterocycles. The van der Waals surface area contributed by atoms with E-state index in [1.807, 2.05) is 39.8 Å². The van der Waals surface area contributed by atoms with Gasteiger partial charge in [0.1, 0.15) is 10.5 Å². The molecule has 160 valence electrons. The molecule has 3 rings (SSSR count). The van der Waals surface area contributed by atoms with Crippen LogP contribution in [0.2, 0.25) is 0 Å². The maximum Gasteiger partial charge on any atom is 0.329 e. The van der Waals surface area contributed by atoms with E-state index in [0.717, 1.165) is 11.1 Å². The van der Waals surface area contributed by atoms with E-state index in [1.165, 1.54) is 28.2 Å². The molecule has 0 atom stereocenters. The summed E-state index contributed by atoms with van der Waals surface area (Å²) < 4.78 is 30.0. The van der Waals surface area contributed by atoms with Crippen LogP contribution in [0, 0.1) is 13.8 Å². The number of benzene rings is 1. The SMILES string of the molecule is CCC(CC)N(c1ccc(C)c(C)c1)S(=O)(=O)c1cnc2c(c1)c(=O)[nH]c(=O)n2C. The number of aromatic amines is 1. The van der Waals surface area contributed by atoms with Crippen LogP contribution in [0.1, 0.15) is 37.8 Å². The number of nitrogens with one attached hydrogen (secondary N) is 1. The molecule has 1 N–H and O–H groups in total. The standard InChI is InChI=1S/C21H26N4O4S/c1-6-15(7-2)25(16-9-8-13(3)14(4)10-16)30(28,29)17-11-18-19(22-12-17)24(5)21(27)23-20(18)26/h8-12,15H,6-7H2,1-5H3,(H,23,26,27). The highest BCUT2D eigenvalue weighted by atomic mass is 32.2. The van der Waals surface area contributed by atoms with Crippen molar-refractivity contribution in [1.82, 2.24) is 14.5 Å². The number of hydrogen-bond donors (Lipinski definition) is 1. The van der Waals surface area contributed by atoms with Crippen LogP contribution in [0.15, 0.2) is 44.9 Å². The van der Waals surface area contributed by atoms with Gasteiger partial charge in [0.15, 0.2) is 0 Å². The molecule has 8 nitrogen and oxygen atoms in total. The number of fused-ring (bicyclic) bond motifs is 1. The second-order valence-corrected chi connectivity index (χ2v) is 9.22. The Morgan fingerprint density at radius 3 is 2.37 bits per heavy atom. The highest BCUT2D eigenvalue weighted by molar-refractivity contribution is 7.92. The molecule has 0 saturated heterocycles. The Balaban J connectivity index is 2.26. The van der Waals surface area contributed by atoms with E-state index >= 15 is 0 Å². The molecule has 1 aromatic carbocycles. The van der Waals surface area contributed by atoms with Crippen molar-refractivity contribution < 1.29 is 8.42 Å². The first kappa shape index (κ1) is 21.8. The lowest BCUT2D eigenvalue weighted by Crippen LogP contribution is -2.40. The summed E-state index contributed by atoms with van der Waals surface area (Å²) in [4.78, 5) is 30.3. The topological polar surface area (TPSA) is 105 Å². The number of H-pyrrole nitrogens is 1. The zero-order valence-corrected chi connectivity index (χ0v) is 18.6. The van der Waals surface area contributed by atoms with E-state index in [4.69, 9.17) is 0 Å². The molecule has 0 spiro atoms. The summed E-state index contributed by atoms with van der Waals surface area (Å²) in [5.74, 6) is 0. The van der Waals surface area contributed by atoms with Crippen molar-refractivity contribution in [3.05, 3.63) is 62.4 Å². The van der Waals surface area contributed by atoms with Crippen molar-refractivity contribution >= 4 is 26.7 Å². The van der Waals surface area contributed by atoms with E-state index < -0.39 is 21.3 Å². The minimum atomic E-state index is -4.01. The van der Waals surface area contributed by atoms with Crippen molar-refractivity contribution in [1.29, 1.82) is 0 Å². The Labute approximate surface area is 175 Å². The van der Waals surface area contributed by atoms with Crippen molar-refractivity contribution in [2.24, 2.45) is 7.05 Å². The average Bonchev–Trinajstić information content (AvgIpc) is 2.72. The predicted octanol–water partition coefficient (Wildman–Crippen LogP) is 2.62. The third-order valence-corrected chi connectivity index (χ3v) is 7.35. The molecule has 0 radical (unpaired) electrons. The number of hydrogen-bond acceptors (Lipinski definition) is 5. The van der Waals surface area contributed by atoms with Gasteiger partial charge in [-0.2, -0.15) is 0 Å². The van der Waals surface area contributed by atoms with Crippen LogP contribution in [0.25, 0.3) is 11.0 Å². The number of aromatic nitrogens is 3. The first-order chi connectivity index (χ1) is 14.1. The zero-order valence-electron chi connectivity index (χ0n) is 17.8. The summed E-state index contributed by atoms with van der Waals surface area (Å²) in [6, 6.07) is 6.58. The van der Waals surface area contributed by atoms with Gasteiger partial charge in [0.05, 0.1) is 11.1 Å². The van der Waals surface area contributed by atoms with Gasteiger partial charge in [-0.15, -0.1) is 0 Å². The van der Waals surface area contributed by atoms with Crippen LogP contribution in [-0.4, -0.2) is 29.0 Å². The third-order valence-electron chi connectivity index (χ3n) is 5.50. The molecule has 30 heavy (non-hydrogen) atoms. The van der Waals surface area contributed by atoms with Gasteiger partial charge in [-0.1, -0.05) is 19.9 Å². The van der Waals surface area contributed by atoms with Gasteiger partial charge < -0.3 is 0 Å². The van der Waals surface area contributed by atoms with Gasteiger partial charge in [0.25, 0.3) is 15.6 Å². The van der Waals surface area contributed by atoms with E-state index in [-0.39, 0.29) is 22.0 Å². The number of rotatable bonds is 6. The largest absolute Gasteiger partial charge is 0.329 e. The molecule has 2 heterocycles. The maximum atomic E-state index is 13.7. The van der Waals surface area contributed by atoms with Crippen LogP contribution < -0.4 is 15.6 Å². The van der Waals surface area contributed by atoms with E-state index in [2.05, 4.69) is 9.97 Å². The smallest absolute Gasteiger partial charge is 0.281 e. The fraction of sp³-hybridized carbons (Fsp3) is 0.381. The van der Waals surface area contributed by atoms with Crippen LogP contribution >= 0.6 is 0 Å². The van der Waals surface area contributed by atoms with Crippen molar-refractivity contribution in [2.45, 2.75) is 51.5 Å². The van der Waals surface area contributed by atoms with Crippen LogP contribution in [0.4, 0.5) is 5.69 Å². The van der Waals surface area contributed by atoms with Gasteiger partial charge in [0, 0.05) is 19.3 Å². The average molecular weight is 431 g/mol. The lowest BCUT2D eigenvalue weighted by molar-refractivity contribution is 0.560. The molecule has 9 heteroatoms. The Morgan fingerprint density at radius 1 is 1.10 bits per heavy atom. The Kier molecular flexibility index (Phi) is 5.85. The van der Waals surface area contributed by atoms with Gasteiger partial charge in [-0.3, -0.25) is 18.7 Å². The van der Waals surface area contributed by atoms with E-state index in [1.54, 1.807) is 6.07 Å². The first-order valence-corrected chi connectivity index (χ1v) is 11.3. The van der Waals surface area contributed by atoms with Crippen molar-refractivity contribution in [3.63, 3.8) is 0 Å². The number of pyridine rings is 1. The first-order valence-electron chi connectivity index (χ1n) is 9.82. The summed E-state index contributed by atoms with van der Waals surface area (Å²) in [6.45, 7) is 7.79. The predicted molar refractivity (Wildman–Crippen MR) is 118 cm³/mol. The van der Waals surface area contributed by atoms with Gasteiger partial charge >= 0.3 is 5.69 Å². The summed E-state index contributed by atoms with van der Waals surface area (Å²) in [5, 5.41) is 0.0442. The molecule has 3 aromatic rings. The zero-order chi connectivity index (χ0) is 22.2. The second-order valence-electron chi connectivity index (χ2n) is 7.40. The number of nitrogens with zero attached hydrogens (tertiary/aromatic N) is 3. The summed E-state index contributed by atoms with van der Waals surface area (Å²) in [5.41, 5.74) is 1.48. The Morgan fingerprint density at radius 2 is 1.77 bits per heavy atom. The molecule has 0 aliphatic rings. The maximum absolute atomic E-state index is 13.7. The highest BCUT2D eigenvalue weighted by Crippen LogP contribution is 2.30. The van der Waals surface area contributed by atoms with Gasteiger partial charge in [-0.25, -0.2) is 18.2 Å². The normalized spacial score (nSPS) is 11.9. The van der Waals surface area contributed by atoms with Gasteiger partial charge in [0.2, 0.25) is 0 Å². The number of anilines is 1. The molecule has 0 bridgehead atoms. The van der Waals surface area contributed by atoms with Crippen LogP contribution in [0.3, 0.4) is 0 Å². The molecule has 0 aliphatic heterocycles. The lowest BCUT2D eigenvalue weighted by Gasteiger charge is -2.32. The van der Waals surface area contributed by atoms with Crippen LogP contribution in [0.5, 0.6) is 0 Å². The van der Waals surface area contributed by atoms with Crippen molar-refractivity contribution in [2.75, 3.05) is 4.31 Å². The van der Waals surface area contributed by atoms with E-state index in [0.29, 0.717) is 18.5 Å². The van der Waals surface area contributed by atoms with Crippen molar-refractivity contribution in [3.8, 4) is 0 Å². The van der Waals surface area contributed by atoms with Gasteiger partial charge in [-0.05, 0) is 56.0 Å². The minimum Gasteiger partial charge on any atom is -0.281 e. The third kappa shape index (κ3) is 3.65. The Hall–Kier alpha value is -2.94. The molecule has 0 saturated carbocycles. The molecule has 0 aliphatic carbocycles. The summed E-state index contributed by atoms with van der Waals surface area (Å²) >= 11 is 0. The number of aryl methyl sites for hydroxylation is 3. The Bertz CT molecular complexity index is 1320. The molecule has 0 amide bonds. The number of sulfonamides is 1. The summed E-state index contributed by atoms with van der Waals surface area (Å²) in [6.07, 6.45) is 2.45. The molecular weight excluding hydrogens is 404 g/mol. The molecular formula is C21H26N4O4S. The fourth-order valence-corrected chi connectivity index (χ4v) is 5.26. The fourth-order valence-electron chi connectivity index (χ4n) is 3.50. The highest BCUT2D eigenvalue weighted by Gasteiger charge is 2.31. The van der Waals surface area contributed by atoms with E-state index in [9.17, 15) is 18.0 Å². The molecule has 0 fully saturated rings. The second kappa shape index (κ2) is 8.06. The molecule has 0 unspecified atom stereocenters. The lowest BCUT2D eigenvalue weighted by atomic mass is 10.1. The summed E-state index contributed by atoms with van der Waals surface area (Å²) in [7, 11) is -2.54. The van der Waals surface area contributed by atoms with Crippen LogP contribution in [-0.2, 0) is 17.1 Å².